The van der Waals surface area contributed by atoms with Crippen molar-refractivity contribution in [2.45, 2.75) is 19.4 Å². The summed E-state index contributed by atoms with van der Waals surface area (Å²) in [4.78, 5) is 2.26. The van der Waals surface area contributed by atoms with E-state index in [1.165, 1.54) is 11.3 Å². The van der Waals surface area contributed by atoms with Gasteiger partial charge in [-0.3, -0.25) is 5.01 Å². The summed E-state index contributed by atoms with van der Waals surface area (Å²) in [5, 5.41) is 6.93. The van der Waals surface area contributed by atoms with Gasteiger partial charge in [0.1, 0.15) is 0 Å². The fourth-order valence-electron chi connectivity index (χ4n) is 4.16. The Kier molecular flexibility index (Phi) is 5.24. The minimum atomic E-state index is 0.375. The molecule has 152 valence electrons. The van der Waals surface area contributed by atoms with Gasteiger partial charge in [-0.1, -0.05) is 66.7 Å². The first kappa shape index (κ1) is 19.1. The summed E-state index contributed by atoms with van der Waals surface area (Å²) in [6.45, 7) is 2.22. The van der Waals surface area contributed by atoms with E-state index in [0.717, 1.165) is 29.0 Å². The molecule has 1 unspecified atom stereocenters. The maximum atomic E-state index is 4.80. The van der Waals surface area contributed by atoms with Crippen molar-refractivity contribution in [3.05, 3.63) is 120 Å². The molecule has 1 aliphatic heterocycles. The lowest BCUT2D eigenvalue weighted by Crippen LogP contribution is -2.23. The Balaban J connectivity index is 1.42. The molecular formula is C28H25N3. The molecule has 0 aromatic heterocycles. The minimum Gasteiger partial charge on any atom is -0.311 e. The molecule has 0 aliphatic carbocycles. The molecule has 0 saturated heterocycles. The van der Waals surface area contributed by atoms with Crippen LogP contribution in [0.1, 0.15) is 18.1 Å². The van der Waals surface area contributed by atoms with Crippen LogP contribution >= 0.6 is 0 Å². The van der Waals surface area contributed by atoms with E-state index in [9.17, 15) is 0 Å². The first-order valence-corrected chi connectivity index (χ1v) is 10.7. The van der Waals surface area contributed by atoms with E-state index in [4.69, 9.17) is 5.10 Å². The third-order valence-corrected chi connectivity index (χ3v) is 5.68. The van der Waals surface area contributed by atoms with Crippen molar-refractivity contribution in [2.24, 2.45) is 5.10 Å². The van der Waals surface area contributed by atoms with Crippen molar-refractivity contribution in [1.82, 2.24) is 0 Å². The summed E-state index contributed by atoms with van der Waals surface area (Å²) < 4.78 is 0. The first-order chi connectivity index (χ1) is 15.3. The molecule has 31 heavy (non-hydrogen) atoms. The molecule has 0 spiro atoms. The normalized spacial score (nSPS) is 15.3. The molecule has 0 N–H and O–H groups in total. The summed E-state index contributed by atoms with van der Waals surface area (Å²) in [7, 11) is 0. The van der Waals surface area contributed by atoms with E-state index in [1.54, 1.807) is 0 Å². The standard InChI is InChI=1S/C28H25N3/c1-22-20-24-10-8-9-15-28(24)31(22)29-21-23-16-18-27(19-17-23)30(25-11-4-2-5-12-25)26-13-6-3-7-14-26/h2-19,21-22H,20H2,1H3. The SMILES string of the molecule is CC1Cc2ccccc2N1N=Cc1ccc(N(c2ccccc2)c2ccccc2)cc1. The van der Waals surface area contributed by atoms with E-state index in [1.807, 2.05) is 18.3 Å². The highest BCUT2D eigenvalue weighted by Gasteiger charge is 2.24. The number of para-hydroxylation sites is 3. The number of rotatable bonds is 5. The number of hydrazone groups is 1. The maximum Gasteiger partial charge on any atom is 0.0629 e. The highest BCUT2D eigenvalue weighted by Crippen LogP contribution is 2.34. The zero-order valence-electron chi connectivity index (χ0n) is 17.6. The summed E-state index contributed by atoms with van der Waals surface area (Å²) in [6, 6.07) is 38.4. The second-order valence-corrected chi connectivity index (χ2v) is 7.87. The zero-order valence-corrected chi connectivity index (χ0v) is 17.6. The molecule has 3 nitrogen and oxygen atoms in total. The monoisotopic (exact) mass is 403 g/mol. The topological polar surface area (TPSA) is 18.8 Å². The van der Waals surface area contributed by atoms with Crippen LogP contribution in [0.4, 0.5) is 22.7 Å². The molecule has 3 heteroatoms. The Labute approximate surface area is 183 Å². The molecule has 1 atom stereocenters. The number of anilines is 4. The van der Waals surface area contributed by atoms with E-state index in [-0.39, 0.29) is 0 Å². The van der Waals surface area contributed by atoms with Crippen molar-refractivity contribution in [3.63, 3.8) is 0 Å². The fraction of sp³-hybridized carbons (Fsp3) is 0.107. The lowest BCUT2D eigenvalue weighted by atomic mass is 10.1. The van der Waals surface area contributed by atoms with Gasteiger partial charge in [-0.25, -0.2) is 0 Å². The zero-order chi connectivity index (χ0) is 21.0. The van der Waals surface area contributed by atoms with E-state index in [2.05, 4.69) is 114 Å². The molecular weight excluding hydrogens is 378 g/mol. The van der Waals surface area contributed by atoms with Gasteiger partial charge in [-0.05, 0) is 66.9 Å². The average Bonchev–Trinajstić information content (AvgIpc) is 3.15. The van der Waals surface area contributed by atoms with Gasteiger partial charge >= 0.3 is 0 Å². The lowest BCUT2D eigenvalue weighted by molar-refractivity contribution is 0.700. The predicted molar refractivity (Wildman–Crippen MR) is 131 cm³/mol. The smallest absolute Gasteiger partial charge is 0.0629 e. The summed E-state index contributed by atoms with van der Waals surface area (Å²) >= 11 is 0. The first-order valence-electron chi connectivity index (χ1n) is 10.7. The van der Waals surface area contributed by atoms with E-state index < -0.39 is 0 Å². The predicted octanol–water partition coefficient (Wildman–Crippen LogP) is 6.94. The van der Waals surface area contributed by atoms with Crippen molar-refractivity contribution in [1.29, 1.82) is 0 Å². The lowest BCUT2D eigenvalue weighted by Gasteiger charge is -2.25. The number of fused-ring (bicyclic) bond motifs is 1. The van der Waals surface area contributed by atoms with Crippen LogP contribution in [0.5, 0.6) is 0 Å². The van der Waals surface area contributed by atoms with Crippen molar-refractivity contribution >= 4 is 29.0 Å². The number of hydrogen-bond donors (Lipinski definition) is 0. The largest absolute Gasteiger partial charge is 0.311 e. The van der Waals surface area contributed by atoms with Crippen LogP contribution < -0.4 is 9.91 Å². The third kappa shape index (κ3) is 3.95. The quantitative estimate of drug-likeness (QED) is 0.336. The van der Waals surface area contributed by atoms with Crippen LogP contribution in [0.15, 0.2) is 114 Å². The number of benzene rings is 4. The Morgan fingerprint density at radius 1 is 0.710 bits per heavy atom. The number of hydrogen-bond acceptors (Lipinski definition) is 3. The van der Waals surface area contributed by atoms with E-state index >= 15 is 0 Å². The van der Waals surface area contributed by atoms with Crippen LogP contribution in [0.3, 0.4) is 0 Å². The average molecular weight is 404 g/mol. The summed E-state index contributed by atoms with van der Waals surface area (Å²) in [5.74, 6) is 0. The second-order valence-electron chi connectivity index (χ2n) is 7.87. The van der Waals surface area contributed by atoms with Gasteiger partial charge in [-0.15, -0.1) is 0 Å². The minimum absolute atomic E-state index is 0.375. The Morgan fingerprint density at radius 2 is 1.26 bits per heavy atom. The fourth-order valence-corrected chi connectivity index (χ4v) is 4.16. The molecule has 4 aromatic carbocycles. The van der Waals surface area contributed by atoms with Crippen molar-refractivity contribution in [2.75, 3.05) is 9.91 Å². The van der Waals surface area contributed by atoms with Crippen molar-refractivity contribution in [3.8, 4) is 0 Å². The maximum absolute atomic E-state index is 4.80. The molecule has 0 saturated carbocycles. The Hall–Kier alpha value is -3.85. The highest BCUT2D eigenvalue weighted by atomic mass is 15.5. The van der Waals surface area contributed by atoms with Crippen LogP contribution in [-0.4, -0.2) is 12.3 Å². The second kappa shape index (κ2) is 8.49. The van der Waals surface area contributed by atoms with Gasteiger partial charge in [0.25, 0.3) is 0 Å². The molecule has 1 heterocycles. The van der Waals surface area contributed by atoms with Gasteiger partial charge in [0.05, 0.1) is 17.9 Å². The molecule has 4 aromatic rings. The molecule has 0 bridgehead atoms. The molecule has 0 amide bonds. The molecule has 0 fully saturated rings. The van der Waals surface area contributed by atoms with Gasteiger partial charge in [0, 0.05) is 17.1 Å². The van der Waals surface area contributed by atoms with Gasteiger partial charge in [-0.2, -0.15) is 5.10 Å². The Morgan fingerprint density at radius 3 is 1.90 bits per heavy atom. The molecule has 1 aliphatic rings. The Bertz CT molecular complexity index is 1130. The van der Waals surface area contributed by atoms with Crippen LogP contribution in [0, 0.1) is 0 Å². The van der Waals surface area contributed by atoms with Crippen LogP contribution in [-0.2, 0) is 6.42 Å². The van der Waals surface area contributed by atoms with Crippen LogP contribution in [0.25, 0.3) is 0 Å². The number of nitrogens with zero attached hydrogens (tertiary/aromatic N) is 3. The summed E-state index contributed by atoms with van der Waals surface area (Å²) in [6.07, 6.45) is 2.99. The van der Waals surface area contributed by atoms with Gasteiger partial charge < -0.3 is 4.90 Å². The third-order valence-electron chi connectivity index (χ3n) is 5.68. The van der Waals surface area contributed by atoms with Crippen molar-refractivity contribution < 1.29 is 0 Å². The van der Waals surface area contributed by atoms with Gasteiger partial charge in [0.15, 0.2) is 0 Å². The summed E-state index contributed by atoms with van der Waals surface area (Å²) in [5.41, 5.74) is 7.05. The van der Waals surface area contributed by atoms with Crippen LogP contribution in [0.2, 0.25) is 0 Å². The highest BCUT2D eigenvalue weighted by molar-refractivity contribution is 5.83. The van der Waals surface area contributed by atoms with E-state index in [0.29, 0.717) is 6.04 Å². The van der Waals surface area contributed by atoms with Gasteiger partial charge in [0.2, 0.25) is 0 Å². The molecule has 0 radical (unpaired) electrons. The molecule has 5 rings (SSSR count).